The molecule has 23 heavy (non-hydrogen) atoms. The van der Waals surface area contributed by atoms with Gasteiger partial charge >= 0.3 is 0 Å². The summed E-state index contributed by atoms with van der Waals surface area (Å²) in [6, 6.07) is 9.32. The summed E-state index contributed by atoms with van der Waals surface area (Å²) < 4.78 is 60.2. The van der Waals surface area contributed by atoms with Crippen LogP contribution in [0.2, 0.25) is 0 Å². The second-order valence-corrected chi connectivity index (χ2v) is 4.40. The first-order chi connectivity index (χ1) is 11.0. The van der Waals surface area contributed by atoms with Gasteiger partial charge in [0.25, 0.3) is 5.89 Å². The highest BCUT2D eigenvalue weighted by molar-refractivity contribution is 5.60. The molecule has 0 bridgehead atoms. The number of nitrogens with zero attached hydrogens (tertiary/aromatic N) is 3. The summed E-state index contributed by atoms with van der Waals surface area (Å²) in [5.74, 6) is -8.00. The lowest BCUT2D eigenvalue weighted by Crippen LogP contribution is -2.04. The molecule has 0 aliphatic heterocycles. The molecule has 4 nitrogen and oxygen atoms in total. The van der Waals surface area contributed by atoms with Gasteiger partial charge in [-0.25, -0.2) is 17.6 Å². The van der Waals surface area contributed by atoms with Crippen LogP contribution < -0.4 is 0 Å². The lowest BCUT2D eigenvalue weighted by Gasteiger charge is -2.04. The highest BCUT2D eigenvalue weighted by Gasteiger charge is 2.29. The summed E-state index contributed by atoms with van der Waals surface area (Å²) in [7, 11) is 0. The predicted molar refractivity (Wildman–Crippen MR) is 69.7 cm³/mol. The van der Waals surface area contributed by atoms with E-state index in [-0.39, 0.29) is 5.89 Å². The zero-order valence-corrected chi connectivity index (χ0v) is 11.1. The summed E-state index contributed by atoms with van der Waals surface area (Å²) in [4.78, 5) is 0. The molecule has 0 atom stereocenters. The Balaban J connectivity index is 2.18. The molecule has 8 heteroatoms. The third-order valence-electron chi connectivity index (χ3n) is 3.03. The fourth-order valence-corrected chi connectivity index (χ4v) is 1.94. The predicted octanol–water partition coefficient (Wildman–Crippen LogP) is 3.83. The second kappa shape index (κ2) is 5.53. The van der Waals surface area contributed by atoms with Gasteiger partial charge in [0.2, 0.25) is 5.89 Å². The molecule has 1 aromatic heterocycles. The minimum atomic E-state index is -1.82. The third-order valence-corrected chi connectivity index (χ3v) is 3.03. The van der Waals surface area contributed by atoms with E-state index in [0.29, 0.717) is 5.56 Å². The molecule has 0 saturated carbocycles. The molecule has 0 aliphatic carbocycles. The summed E-state index contributed by atoms with van der Waals surface area (Å²) in [6.45, 7) is 0. The van der Waals surface area contributed by atoms with Crippen LogP contribution in [0.25, 0.3) is 22.9 Å². The van der Waals surface area contributed by atoms with E-state index in [1.807, 2.05) is 0 Å². The van der Waals surface area contributed by atoms with Gasteiger partial charge < -0.3 is 4.42 Å². The van der Waals surface area contributed by atoms with Gasteiger partial charge in [0.15, 0.2) is 23.3 Å². The van der Waals surface area contributed by atoms with Crippen LogP contribution >= 0.6 is 0 Å². The number of aromatic nitrogens is 2. The maximum Gasteiger partial charge on any atom is 0.254 e. The zero-order chi connectivity index (χ0) is 16.6. The number of nitriles is 1. The van der Waals surface area contributed by atoms with Crippen LogP contribution in [-0.4, -0.2) is 10.2 Å². The van der Waals surface area contributed by atoms with Gasteiger partial charge in [-0.05, 0) is 12.1 Å². The van der Waals surface area contributed by atoms with E-state index in [4.69, 9.17) is 9.68 Å². The lowest BCUT2D eigenvalue weighted by atomic mass is 10.1. The quantitative estimate of drug-likeness (QED) is 0.532. The molecule has 0 saturated heterocycles. The van der Waals surface area contributed by atoms with Crippen molar-refractivity contribution in [1.82, 2.24) is 10.2 Å². The van der Waals surface area contributed by atoms with Crippen molar-refractivity contribution in [2.24, 2.45) is 0 Å². The molecule has 0 fully saturated rings. The maximum atomic E-state index is 13.9. The van der Waals surface area contributed by atoms with Crippen molar-refractivity contribution in [2.75, 3.05) is 0 Å². The Hall–Kier alpha value is -3.21. The molecule has 1 heterocycles. The van der Waals surface area contributed by atoms with E-state index in [0.717, 1.165) is 6.07 Å². The summed E-state index contributed by atoms with van der Waals surface area (Å²) in [6.07, 6.45) is 0. The van der Waals surface area contributed by atoms with Crippen molar-refractivity contribution in [3.05, 3.63) is 59.2 Å². The monoisotopic (exact) mass is 319 g/mol. The first kappa shape index (κ1) is 14.7. The van der Waals surface area contributed by atoms with Crippen molar-refractivity contribution in [1.29, 1.82) is 5.26 Å². The normalized spacial score (nSPS) is 10.6. The van der Waals surface area contributed by atoms with Gasteiger partial charge in [0.1, 0.15) is 17.2 Å². The van der Waals surface area contributed by atoms with E-state index in [9.17, 15) is 17.6 Å². The maximum absolute atomic E-state index is 13.9. The summed E-state index contributed by atoms with van der Waals surface area (Å²) in [5.41, 5.74) is -2.05. The Morgan fingerprint density at radius 1 is 0.826 bits per heavy atom. The van der Waals surface area contributed by atoms with E-state index >= 15 is 0 Å². The van der Waals surface area contributed by atoms with Crippen molar-refractivity contribution in [2.45, 2.75) is 0 Å². The van der Waals surface area contributed by atoms with Gasteiger partial charge in [-0.1, -0.05) is 18.2 Å². The van der Waals surface area contributed by atoms with E-state index < -0.39 is 40.3 Å². The smallest absolute Gasteiger partial charge is 0.254 e. The largest absolute Gasteiger partial charge is 0.416 e. The molecular weight excluding hydrogens is 314 g/mol. The molecule has 3 aromatic rings. The molecule has 0 aliphatic rings. The van der Waals surface area contributed by atoms with Gasteiger partial charge in [0.05, 0.1) is 0 Å². The fraction of sp³-hybridized carbons (Fsp3) is 0. The Bertz CT molecular complexity index is 903. The standard InChI is InChI=1S/C15H5F4N3O/c16-10-8(6-20)11(17)13(19)9(12(10)18)15-22-21-14(23-15)7-4-2-1-3-5-7/h1-5H. The molecular formula is C15H5F4N3O. The first-order valence-electron chi connectivity index (χ1n) is 6.20. The molecule has 0 radical (unpaired) electrons. The first-order valence-corrected chi connectivity index (χ1v) is 6.20. The molecule has 0 N–H and O–H groups in total. The van der Waals surface area contributed by atoms with Crippen LogP contribution in [0.5, 0.6) is 0 Å². The Morgan fingerprint density at radius 2 is 1.39 bits per heavy atom. The Kier molecular flexibility index (Phi) is 3.54. The molecule has 0 spiro atoms. The minimum absolute atomic E-state index is 0.0791. The fourth-order valence-electron chi connectivity index (χ4n) is 1.94. The van der Waals surface area contributed by atoms with Crippen LogP contribution in [-0.2, 0) is 0 Å². The molecule has 114 valence electrons. The molecule has 0 unspecified atom stereocenters. The van der Waals surface area contributed by atoms with Crippen LogP contribution in [0.15, 0.2) is 34.7 Å². The van der Waals surface area contributed by atoms with Gasteiger partial charge in [-0.2, -0.15) is 5.26 Å². The number of hydrogen-bond donors (Lipinski definition) is 0. The van der Waals surface area contributed by atoms with Crippen LogP contribution in [0.4, 0.5) is 17.6 Å². The number of halogens is 4. The Labute approximate surface area is 126 Å². The topological polar surface area (TPSA) is 62.7 Å². The number of rotatable bonds is 2. The average Bonchev–Trinajstić information content (AvgIpc) is 3.04. The van der Waals surface area contributed by atoms with Gasteiger partial charge in [-0.3, -0.25) is 0 Å². The molecule has 2 aromatic carbocycles. The van der Waals surface area contributed by atoms with E-state index in [2.05, 4.69) is 10.2 Å². The SMILES string of the molecule is N#Cc1c(F)c(F)c(-c2nnc(-c3ccccc3)o2)c(F)c1F. The summed E-state index contributed by atoms with van der Waals surface area (Å²) in [5, 5.41) is 15.5. The highest BCUT2D eigenvalue weighted by atomic mass is 19.2. The van der Waals surface area contributed by atoms with E-state index in [1.165, 1.54) is 0 Å². The summed E-state index contributed by atoms with van der Waals surface area (Å²) >= 11 is 0. The van der Waals surface area contributed by atoms with Crippen molar-refractivity contribution in [3.63, 3.8) is 0 Å². The van der Waals surface area contributed by atoms with Gasteiger partial charge in [0, 0.05) is 5.56 Å². The highest BCUT2D eigenvalue weighted by Crippen LogP contribution is 2.32. The Morgan fingerprint density at radius 3 is 1.96 bits per heavy atom. The van der Waals surface area contributed by atoms with Crippen molar-refractivity contribution >= 4 is 0 Å². The number of benzene rings is 2. The molecule has 3 rings (SSSR count). The van der Waals surface area contributed by atoms with Crippen molar-refractivity contribution in [3.8, 4) is 29.0 Å². The van der Waals surface area contributed by atoms with Crippen LogP contribution in [0.1, 0.15) is 5.56 Å². The molecule has 0 amide bonds. The van der Waals surface area contributed by atoms with Crippen molar-refractivity contribution < 1.29 is 22.0 Å². The van der Waals surface area contributed by atoms with Crippen LogP contribution in [0.3, 0.4) is 0 Å². The second-order valence-electron chi connectivity index (χ2n) is 4.40. The minimum Gasteiger partial charge on any atom is -0.416 e. The number of hydrogen-bond acceptors (Lipinski definition) is 4. The third kappa shape index (κ3) is 2.32. The van der Waals surface area contributed by atoms with E-state index in [1.54, 1.807) is 30.3 Å². The zero-order valence-electron chi connectivity index (χ0n) is 11.1. The average molecular weight is 319 g/mol. The van der Waals surface area contributed by atoms with Crippen LogP contribution in [0, 0.1) is 34.6 Å². The van der Waals surface area contributed by atoms with Gasteiger partial charge in [-0.15, -0.1) is 10.2 Å². The lowest BCUT2D eigenvalue weighted by molar-refractivity contribution is 0.447.